The van der Waals surface area contributed by atoms with Crippen molar-refractivity contribution in [1.29, 1.82) is 0 Å². The lowest BCUT2D eigenvalue weighted by Gasteiger charge is -2.19. The summed E-state index contributed by atoms with van der Waals surface area (Å²) in [5.74, 6) is 1.06. The summed E-state index contributed by atoms with van der Waals surface area (Å²) in [7, 11) is 0. The fourth-order valence-electron chi connectivity index (χ4n) is 2.76. The Bertz CT molecular complexity index is 368. The van der Waals surface area contributed by atoms with Crippen LogP contribution in [-0.2, 0) is 6.42 Å². The van der Waals surface area contributed by atoms with Gasteiger partial charge in [-0.05, 0) is 62.6 Å². The maximum atomic E-state index is 3.74. The van der Waals surface area contributed by atoms with E-state index in [4.69, 9.17) is 0 Å². The normalized spacial score (nSPS) is 16.5. The van der Waals surface area contributed by atoms with Gasteiger partial charge in [-0.1, -0.05) is 44.0 Å². The molecule has 19 heavy (non-hydrogen) atoms. The lowest BCUT2D eigenvalue weighted by molar-refractivity contribution is 0.431. The number of nitrogens with one attached hydrogen (secondary N) is 1. The van der Waals surface area contributed by atoms with Crippen molar-refractivity contribution in [2.45, 2.75) is 64.8 Å². The average Bonchev–Trinajstić information content (AvgIpc) is 3.24. The van der Waals surface area contributed by atoms with Gasteiger partial charge in [-0.15, -0.1) is 0 Å². The Morgan fingerprint density at radius 3 is 2.68 bits per heavy atom. The Kier molecular flexibility index (Phi) is 5.91. The van der Waals surface area contributed by atoms with E-state index >= 15 is 0 Å². The largest absolute Gasteiger partial charge is 0.314 e. The predicted octanol–water partition coefficient (Wildman–Crippen LogP) is 4.49. The molecule has 1 fully saturated rings. The number of rotatable bonds is 9. The van der Waals surface area contributed by atoms with Crippen molar-refractivity contribution in [2.75, 3.05) is 6.54 Å². The van der Waals surface area contributed by atoms with Crippen molar-refractivity contribution >= 4 is 0 Å². The second-order valence-electron chi connectivity index (χ2n) is 6.14. The highest BCUT2D eigenvalue weighted by molar-refractivity contribution is 5.25. The van der Waals surface area contributed by atoms with Crippen LogP contribution in [0.4, 0.5) is 0 Å². The first kappa shape index (κ1) is 14.6. The van der Waals surface area contributed by atoms with E-state index in [0.717, 1.165) is 12.0 Å². The van der Waals surface area contributed by atoms with Gasteiger partial charge in [-0.25, -0.2) is 0 Å². The van der Waals surface area contributed by atoms with E-state index in [1.165, 1.54) is 62.6 Å². The third kappa shape index (κ3) is 5.36. The minimum Gasteiger partial charge on any atom is -0.314 e. The van der Waals surface area contributed by atoms with E-state index in [1.54, 1.807) is 0 Å². The van der Waals surface area contributed by atoms with Crippen LogP contribution in [0.25, 0.3) is 0 Å². The lowest BCUT2D eigenvalue weighted by Crippen LogP contribution is -2.30. The number of hydrogen-bond donors (Lipinski definition) is 1. The van der Waals surface area contributed by atoms with Gasteiger partial charge in [0, 0.05) is 6.04 Å². The van der Waals surface area contributed by atoms with Gasteiger partial charge in [0.25, 0.3) is 0 Å². The standard InChI is InChI=1S/C18H29N/c1-3-14-19-18(12-10-16-8-9-16)13-11-17-7-5-4-6-15(17)2/h4-7,16,18-19H,3,8-14H2,1-2H3. The van der Waals surface area contributed by atoms with Crippen LogP contribution in [0.2, 0.25) is 0 Å². The minimum absolute atomic E-state index is 0.722. The molecule has 1 unspecified atom stereocenters. The third-order valence-corrected chi connectivity index (χ3v) is 4.33. The summed E-state index contributed by atoms with van der Waals surface area (Å²) in [6, 6.07) is 9.54. The second-order valence-corrected chi connectivity index (χ2v) is 6.14. The van der Waals surface area contributed by atoms with Gasteiger partial charge in [0.2, 0.25) is 0 Å². The molecule has 0 amide bonds. The highest BCUT2D eigenvalue weighted by Gasteiger charge is 2.22. The zero-order valence-corrected chi connectivity index (χ0v) is 12.6. The molecule has 2 rings (SSSR count). The molecule has 106 valence electrons. The van der Waals surface area contributed by atoms with E-state index < -0.39 is 0 Å². The molecule has 0 spiro atoms. The maximum absolute atomic E-state index is 3.74. The quantitative estimate of drug-likeness (QED) is 0.689. The zero-order chi connectivity index (χ0) is 13.5. The molecule has 1 aromatic carbocycles. The highest BCUT2D eigenvalue weighted by Crippen LogP contribution is 2.34. The fourth-order valence-corrected chi connectivity index (χ4v) is 2.76. The first-order valence-corrected chi connectivity index (χ1v) is 8.07. The molecule has 1 nitrogen and oxygen atoms in total. The Labute approximate surface area is 118 Å². The zero-order valence-electron chi connectivity index (χ0n) is 12.6. The average molecular weight is 259 g/mol. The van der Waals surface area contributed by atoms with Gasteiger partial charge in [0.1, 0.15) is 0 Å². The minimum atomic E-state index is 0.722. The molecule has 1 N–H and O–H groups in total. The first-order chi connectivity index (χ1) is 9.29. The molecule has 0 aliphatic heterocycles. The van der Waals surface area contributed by atoms with Crippen LogP contribution in [0.15, 0.2) is 24.3 Å². The predicted molar refractivity (Wildman–Crippen MR) is 83.5 cm³/mol. The number of aryl methyl sites for hydroxylation is 2. The molecule has 0 radical (unpaired) electrons. The van der Waals surface area contributed by atoms with Crippen molar-refractivity contribution < 1.29 is 0 Å². The fraction of sp³-hybridized carbons (Fsp3) is 0.667. The number of hydrogen-bond acceptors (Lipinski definition) is 1. The SMILES string of the molecule is CCCNC(CCc1ccccc1C)CCC1CC1. The first-order valence-electron chi connectivity index (χ1n) is 8.07. The van der Waals surface area contributed by atoms with Gasteiger partial charge in [0.15, 0.2) is 0 Å². The van der Waals surface area contributed by atoms with Gasteiger partial charge in [-0.3, -0.25) is 0 Å². The van der Waals surface area contributed by atoms with E-state index in [-0.39, 0.29) is 0 Å². The summed E-state index contributed by atoms with van der Waals surface area (Å²) in [6.07, 6.45) is 9.53. The molecule has 1 aromatic rings. The van der Waals surface area contributed by atoms with Gasteiger partial charge in [-0.2, -0.15) is 0 Å². The van der Waals surface area contributed by atoms with Crippen molar-refractivity contribution in [1.82, 2.24) is 5.32 Å². The van der Waals surface area contributed by atoms with E-state index in [1.807, 2.05) is 0 Å². The highest BCUT2D eigenvalue weighted by atomic mass is 14.9. The van der Waals surface area contributed by atoms with Crippen molar-refractivity contribution in [3.05, 3.63) is 35.4 Å². The smallest absolute Gasteiger partial charge is 0.00703 e. The van der Waals surface area contributed by atoms with E-state index in [0.29, 0.717) is 0 Å². The van der Waals surface area contributed by atoms with Gasteiger partial charge in [0.05, 0.1) is 0 Å². The summed E-state index contributed by atoms with van der Waals surface area (Å²) in [4.78, 5) is 0. The summed E-state index contributed by atoms with van der Waals surface area (Å²) in [5, 5.41) is 3.74. The molecular weight excluding hydrogens is 230 g/mol. The molecule has 1 aliphatic carbocycles. The topological polar surface area (TPSA) is 12.0 Å². The molecule has 0 saturated heterocycles. The molecule has 0 heterocycles. The molecule has 1 atom stereocenters. The summed E-state index contributed by atoms with van der Waals surface area (Å²) in [6.45, 7) is 5.66. The van der Waals surface area contributed by atoms with E-state index in [9.17, 15) is 0 Å². The molecule has 1 saturated carbocycles. The Balaban J connectivity index is 1.78. The third-order valence-electron chi connectivity index (χ3n) is 4.33. The summed E-state index contributed by atoms with van der Waals surface area (Å²) >= 11 is 0. The van der Waals surface area contributed by atoms with Crippen LogP contribution in [0.1, 0.15) is 56.6 Å². The van der Waals surface area contributed by atoms with Crippen molar-refractivity contribution in [3.63, 3.8) is 0 Å². The molecule has 0 bridgehead atoms. The van der Waals surface area contributed by atoms with Gasteiger partial charge >= 0.3 is 0 Å². The summed E-state index contributed by atoms with van der Waals surface area (Å²) < 4.78 is 0. The molecule has 1 heteroatoms. The number of benzene rings is 1. The van der Waals surface area contributed by atoms with Crippen LogP contribution in [-0.4, -0.2) is 12.6 Å². The van der Waals surface area contributed by atoms with Gasteiger partial charge < -0.3 is 5.32 Å². The van der Waals surface area contributed by atoms with Crippen LogP contribution >= 0.6 is 0 Å². The van der Waals surface area contributed by atoms with Crippen molar-refractivity contribution in [3.8, 4) is 0 Å². The Morgan fingerprint density at radius 2 is 2.00 bits per heavy atom. The van der Waals surface area contributed by atoms with Crippen LogP contribution in [0.5, 0.6) is 0 Å². The Morgan fingerprint density at radius 1 is 1.21 bits per heavy atom. The molecule has 0 aromatic heterocycles. The maximum Gasteiger partial charge on any atom is 0.00703 e. The lowest BCUT2D eigenvalue weighted by atomic mass is 9.98. The Hall–Kier alpha value is -0.820. The van der Waals surface area contributed by atoms with Crippen molar-refractivity contribution in [2.24, 2.45) is 5.92 Å². The van der Waals surface area contributed by atoms with Crippen LogP contribution in [0, 0.1) is 12.8 Å². The molecular formula is C18H29N. The molecule has 1 aliphatic rings. The van der Waals surface area contributed by atoms with Crippen LogP contribution in [0.3, 0.4) is 0 Å². The monoisotopic (exact) mass is 259 g/mol. The summed E-state index contributed by atoms with van der Waals surface area (Å²) in [5.41, 5.74) is 2.97. The second kappa shape index (κ2) is 7.69. The van der Waals surface area contributed by atoms with Crippen LogP contribution < -0.4 is 5.32 Å². The van der Waals surface area contributed by atoms with E-state index in [2.05, 4.69) is 43.4 Å².